The van der Waals surface area contributed by atoms with Crippen LogP contribution in [0.1, 0.15) is 25.7 Å². The van der Waals surface area contributed by atoms with Gasteiger partial charge in [0.1, 0.15) is 6.04 Å². The largest absolute Gasteiger partial charge is 0.328 e. The van der Waals surface area contributed by atoms with Crippen LogP contribution in [0.3, 0.4) is 0 Å². The van der Waals surface area contributed by atoms with E-state index >= 15 is 0 Å². The van der Waals surface area contributed by atoms with Crippen LogP contribution in [0.25, 0.3) is 0 Å². The molecule has 14 heavy (non-hydrogen) atoms. The number of amides is 3. The molecule has 0 bridgehead atoms. The van der Waals surface area contributed by atoms with E-state index in [4.69, 9.17) is 5.73 Å². The number of nitrogens with one attached hydrogen (secondary N) is 1. The van der Waals surface area contributed by atoms with Crippen molar-refractivity contribution in [2.45, 2.75) is 37.8 Å². The topological polar surface area (TPSA) is 75.4 Å². The zero-order chi connectivity index (χ0) is 10.1. The minimum atomic E-state index is -0.497. The summed E-state index contributed by atoms with van der Waals surface area (Å²) in [6, 6.07) is -0.653. The Bertz CT molecular complexity index is 261. The van der Waals surface area contributed by atoms with Crippen LogP contribution in [-0.4, -0.2) is 35.5 Å². The molecule has 1 heterocycles. The Labute approximate surface area is 82.6 Å². The summed E-state index contributed by atoms with van der Waals surface area (Å²) in [5.41, 5.74) is 5.39. The lowest BCUT2D eigenvalue weighted by Crippen LogP contribution is -2.40. The Balaban J connectivity index is 2.10. The second-order valence-corrected chi connectivity index (χ2v) is 3.88. The third-order valence-electron chi connectivity index (χ3n) is 2.98. The molecular formula is C9H15N3O2. The van der Waals surface area contributed by atoms with Crippen LogP contribution < -0.4 is 11.1 Å². The van der Waals surface area contributed by atoms with Crippen molar-refractivity contribution in [3.63, 3.8) is 0 Å². The maximum Gasteiger partial charge on any atom is 0.325 e. The predicted molar refractivity (Wildman–Crippen MR) is 50.5 cm³/mol. The van der Waals surface area contributed by atoms with Crippen molar-refractivity contribution in [2.24, 2.45) is 5.73 Å². The van der Waals surface area contributed by atoms with Crippen LogP contribution in [0.5, 0.6) is 0 Å². The summed E-state index contributed by atoms with van der Waals surface area (Å²) in [6.07, 6.45) is 4.09. The van der Waals surface area contributed by atoms with Crippen molar-refractivity contribution in [3.8, 4) is 0 Å². The fraction of sp³-hybridized carbons (Fsp3) is 0.778. The Morgan fingerprint density at radius 2 is 2.00 bits per heavy atom. The van der Waals surface area contributed by atoms with Gasteiger partial charge >= 0.3 is 6.03 Å². The molecule has 1 aliphatic carbocycles. The molecule has 2 fully saturated rings. The molecule has 0 aromatic heterocycles. The number of carbonyl (C=O) groups is 2. The lowest BCUT2D eigenvalue weighted by Gasteiger charge is -2.20. The van der Waals surface area contributed by atoms with Crippen LogP contribution in [0, 0.1) is 0 Å². The maximum atomic E-state index is 11.7. The standard InChI is InChI=1S/C9H15N3O2/c10-5-7-8(13)12(9(14)11-7)6-3-1-2-4-6/h6-7H,1-5,10H2,(H,11,14). The highest BCUT2D eigenvalue weighted by Gasteiger charge is 2.41. The molecule has 1 unspecified atom stereocenters. The van der Waals surface area contributed by atoms with Crippen molar-refractivity contribution in [1.82, 2.24) is 10.2 Å². The normalized spacial score (nSPS) is 28.6. The summed E-state index contributed by atoms with van der Waals surface area (Å²) < 4.78 is 0. The first-order valence-electron chi connectivity index (χ1n) is 5.07. The average molecular weight is 197 g/mol. The van der Waals surface area contributed by atoms with Gasteiger partial charge in [-0.15, -0.1) is 0 Å². The maximum absolute atomic E-state index is 11.7. The minimum absolute atomic E-state index is 0.110. The summed E-state index contributed by atoms with van der Waals surface area (Å²) in [7, 11) is 0. The van der Waals surface area contributed by atoms with Crippen LogP contribution in [0.2, 0.25) is 0 Å². The first kappa shape index (κ1) is 9.45. The summed E-state index contributed by atoms with van der Waals surface area (Å²) in [5.74, 6) is -0.149. The quantitative estimate of drug-likeness (QED) is 0.602. The molecule has 1 aliphatic heterocycles. The summed E-state index contributed by atoms with van der Waals surface area (Å²) >= 11 is 0. The van der Waals surface area contributed by atoms with E-state index < -0.39 is 6.04 Å². The van der Waals surface area contributed by atoms with Crippen molar-refractivity contribution >= 4 is 11.9 Å². The van der Waals surface area contributed by atoms with E-state index in [0.717, 1.165) is 25.7 Å². The SMILES string of the molecule is NCC1NC(=O)N(C2CCCC2)C1=O. The van der Waals surface area contributed by atoms with Gasteiger partial charge in [-0.1, -0.05) is 12.8 Å². The smallest absolute Gasteiger partial charge is 0.325 e. The third kappa shape index (κ3) is 1.37. The van der Waals surface area contributed by atoms with E-state index in [1.807, 2.05) is 0 Å². The molecule has 1 saturated carbocycles. The Hall–Kier alpha value is -1.10. The van der Waals surface area contributed by atoms with Gasteiger partial charge in [-0.25, -0.2) is 4.79 Å². The van der Waals surface area contributed by atoms with E-state index in [2.05, 4.69) is 5.32 Å². The van der Waals surface area contributed by atoms with Crippen LogP contribution in [0.4, 0.5) is 4.79 Å². The monoisotopic (exact) mass is 197 g/mol. The predicted octanol–water partition coefficient (Wildman–Crippen LogP) is -0.192. The number of hydrogen-bond donors (Lipinski definition) is 2. The van der Waals surface area contributed by atoms with Gasteiger partial charge in [-0.2, -0.15) is 0 Å². The van der Waals surface area contributed by atoms with E-state index in [1.54, 1.807) is 0 Å². The molecule has 1 atom stereocenters. The Morgan fingerprint density at radius 1 is 1.36 bits per heavy atom. The molecule has 0 aromatic rings. The number of imide groups is 1. The Kier molecular flexibility index (Phi) is 2.41. The highest BCUT2D eigenvalue weighted by atomic mass is 16.2. The van der Waals surface area contributed by atoms with Gasteiger partial charge in [0.25, 0.3) is 5.91 Å². The lowest BCUT2D eigenvalue weighted by atomic mass is 10.2. The first-order valence-corrected chi connectivity index (χ1v) is 5.07. The summed E-state index contributed by atoms with van der Waals surface area (Å²) in [6.45, 7) is 0.188. The lowest BCUT2D eigenvalue weighted by molar-refractivity contribution is -0.128. The molecule has 3 N–H and O–H groups in total. The molecular weight excluding hydrogens is 182 g/mol. The molecule has 3 amide bonds. The van der Waals surface area contributed by atoms with Gasteiger partial charge in [0.05, 0.1) is 0 Å². The molecule has 0 radical (unpaired) electrons. The molecule has 5 nitrogen and oxygen atoms in total. The van der Waals surface area contributed by atoms with Crippen molar-refractivity contribution < 1.29 is 9.59 Å². The zero-order valence-corrected chi connectivity index (χ0v) is 8.03. The molecule has 0 aromatic carbocycles. The number of carbonyl (C=O) groups excluding carboxylic acids is 2. The molecule has 2 rings (SSSR count). The number of hydrogen-bond acceptors (Lipinski definition) is 3. The highest BCUT2D eigenvalue weighted by Crippen LogP contribution is 2.25. The van der Waals surface area contributed by atoms with Crippen molar-refractivity contribution in [2.75, 3.05) is 6.54 Å². The zero-order valence-electron chi connectivity index (χ0n) is 8.03. The third-order valence-corrected chi connectivity index (χ3v) is 2.98. The number of urea groups is 1. The van der Waals surface area contributed by atoms with Gasteiger partial charge in [-0.3, -0.25) is 9.69 Å². The number of rotatable bonds is 2. The van der Waals surface area contributed by atoms with E-state index in [-0.39, 0.29) is 24.5 Å². The van der Waals surface area contributed by atoms with E-state index in [9.17, 15) is 9.59 Å². The summed E-state index contributed by atoms with van der Waals surface area (Å²) in [5, 5.41) is 2.59. The fourth-order valence-electron chi connectivity index (χ4n) is 2.22. The molecule has 78 valence electrons. The number of nitrogens with zero attached hydrogens (tertiary/aromatic N) is 1. The van der Waals surface area contributed by atoms with Crippen LogP contribution in [-0.2, 0) is 4.79 Å². The van der Waals surface area contributed by atoms with E-state index in [1.165, 1.54) is 4.90 Å². The first-order chi connectivity index (χ1) is 6.74. The molecule has 0 spiro atoms. The molecule has 2 aliphatic rings. The minimum Gasteiger partial charge on any atom is -0.328 e. The van der Waals surface area contributed by atoms with Crippen molar-refractivity contribution in [3.05, 3.63) is 0 Å². The molecule has 1 saturated heterocycles. The average Bonchev–Trinajstić information content (AvgIpc) is 2.74. The van der Waals surface area contributed by atoms with Gasteiger partial charge in [0.2, 0.25) is 0 Å². The Morgan fingerprint density at radius 3 is 2.50 bits per heavy atom. The van der Waals surface area contributed by atoms with Gasteiger partial charge in [0.15, 0.2) is 0 Å². The van der Waals surface area contributed by atoms with Crippen LogP contribution >= 0.6 is 0 Å². The second-order valence-electron chi connectivity index (χ2n) is 3.88. The fourth-order valence-corrected chi connectivity index (χ4v) is 2.22. The number of nitrogens with two attached hydrogens (primary N) is 1. The summed E-state index contributed by atoms with van der Waals surface area (Å²) in [4.78, 5) is 24.5. The second kappa shape index (κ2) is 3.57. The van der Waals surface area contributed by atoms with Gasteiger partial charge < -0.3 is 11.1 Å². The van der Waals surface area contributed by atoms with Crippen LogP contribution in [0.15, 0.2) is 0 Å². The van der Waals surface area contributed by atoms with Crippen molar-refractivity contribution in [1.29, 1.82) is 0 Å². The van der Waals surface area contributed by atoms with Gasteiger partial charge in [-0.05, 0) is 12.8 Å². The molecule has 5 heteroatoms. The van der Waals surface area contributed by atoms with Gasteiger partial charge in [0, 0.05) is 12.6 Å². The van der Waals surface area contributed by atoms with E-state index in [0.29, 0.717) is 0 Å². The highest BCUT2D eigenvalue weighted by molar-refractivity contribution is 6.04.